The third kappa shape index (κ3) is 1.76. The largest absolute Gasteiger partial charge is 0.329 e. The molecule has 1 saturated heterocycles. The van der Waals surface area contributed by atoms with E-state index in [1.165, 1.54) is 0 Å². The van der Waals surface area contributed by atoms with Crippen LogP contribution in [-0.2, 0) is 0 Å². The predicted molar refractivity (Wildman–Crippen MR) is 57.6 cm³/mol. The quantitative estimate of drug-likeness (QED) is 0.707. The van der Waals surface area contributed by atoms with Crippen LogP contribution in [0, 0.1) is 0 Å². The molecule has 4 heteroatoms. The number of imidazole rings is 1. The Labute approximate surface area is 89.9 Å². The molecule has 1 amide bonds. The molecule has 0 spiro atoms. The normalized spacial score (nSPS) is 25.9. The van der Waals surface area contributed by atoms with Gasteiger partial charge in [-0.15, -0.1) is 0 Å². The van der Waals surface area contributed by atoms with Crippen molar-refractivity contribution < 1.29 is 4.79 Å². The topological polar surface area (TPSA) is 38.1 Å². The zero-order valence-electron chi connectivity index (χ0n) is 9.26. The monoisotopic (exact) mass is 207 g/mol. The summed E-state index contributed by atoms with van der Waals surface area (Å²) in [5.74, 6) is 0. The van der Waals surface area contributed by atoms with Crippen molar-refractivity contribution in [2.24, 2.45) is 0 Å². The van der Waals surface area contributed by atoms with E-state index in [-0.39, 0.29) is 6.03 Å². The van der Waals surface area contributed by atoms with Gasteiger partial charge in [0.2, 0.25) is 0 Å². The Morgan fingerprint density at radius 2 is 2.33 bits per heavy atom. The van der Waals surface area contributed by atoms with E-state index in [1.54, 1.807) is 23.3 Å². The van der Waals surface area contributed by atoms with Gasteiger partial charge in [-0.25, -0.2) is 9.78 Å². The Balaban J connectivity index is 2.18. The van der Waals surface area contributed by atoms with Gasteiger partial charge in [0, 0.05) is 24.5 Å². The Morgan fingerprint density at radius 1 is 1.53 bits per heavy atom. The smallest absolute Gasteiger partial charge is 0.318 e. The maximum Gasteiger partial charge on any atom is 0.329 e. The number of aromatic nitrogens is 2. The van der Waals surface area contributed by atoms with Gasteiger partial charge in [-0.1, -0.05) is 6.92 Å². The van der Waals surface area contributed by atoms with E-state index >= 15 is 0 Å². The van der Waals surface area contributed by atoms with Gasteiger partial charge < -0.3 is 4.90 Å². The molecule has 1 aliphatic heterocycles. The lowest BCUT2D eigenvalue weighted by atomic mass is 10.2. The highest BCUT2D eigenvalue weighted by molar-refractivity contribution is 5.77. The number of carbonyl (C=O) groups excluding carboxylic acids is 1. The minimum absolute atomic E-state index is 0.0596. The van der Waals surface area contributed by atoms with Gasteiger partial charge in [0.25, 0.3) is 0 Å². The van der Waals surface area contributed by atoms with Crippen molar-refractivity contribution in [3.8, 4) is 0 Å². The van der Waals surface area contributed by atoms with Crippen LogP contribution in [0.1, 0.15) is 33.1 Å². The standard InChI is InChI=1S/C11H17N3O/c1-3-10-5-4-9(2)14(10)11(15)13-7-6-12-8-13/h6-10H,3-5H2,1-2H3. The first-order chi connectivity index (χ1) is 7.24. The summed E-state index contributed by atoms with van der Waals surface area (Å²) in [6, 6.07) is 0.809. The first-order valence-electron chi connectivity index (χ1n) is 5.54. The van der Waals surface area contributed by atoms with E-state index in [9.17, 15) is 4.79 Å². The molecule has 82 valence electrons. The van der Waals surface area contributed by atoms with Crippen LogP contribution in [0.2, 0.25) is 0 Å². The van der Waals surface area contributed by atoms with Crippen LogP contribution >= 0.6 is 0 Å². The highest BCUT2D eigenvalue weighted by atomic mass is 16.2. The molecule has 15 heavy (non-hydrogen) atoms. The lowest BCUT2D eigenvalue weighted by Crippen LogP contribution is -2.41. The lowest BCUT2D eigenvalue weighted by Gasteiger charge is -2.27. The van der Waals surface area contributed by atoms with Gasteiger partial charge in [-0.3, -0.25) is 4.57 Å². The molecular weight excluding hydrogens is 190 g/mol. The fourth-order valence-electron chi connectivity index (χ4n) is 2.32. The summed E-state index contributed by atoms with van der Waals surface area (Å²) < 4.78 is 1.56. The Morgan fingerprint density at radius 3 is 2.93 bits per heavy atom. The molecule has 2 rings (SSSR count). The molecule has 2 unspecified atom stereocenters. The zero-order chi connectivity index (χ0) is 10.8. The molecular formula is C11H17N3O. The molecule has 0 aromatic carbocycles. The zero-order valence-corrected chi connectivity index (χ0v) is 9.26. The van der Waals surface area contributed by atoms with Gasteiger partial charge in [0.05, 0.1) is 0 Å². The Kier molecular flexibility index (Phi) is 2.75. The van der Waals surface area contributed by atoms with Crippen molar-refractivity contribution in [1.29, 1.82) is 0 Å². The van der Waals surface area contributed by atoms with E-state index < -0.39 is 0 Å². The van der Waals surface area contributed by atoms with E-state index in [4.69, 9.17) is 0 Å². The number of amides is 1. The Hall–Kier alpha value is -1.32. The second-order valence-electron chi connectivity index (χ2n) is 4.15. The SMILES string of the molecule is CCC1CCC(C)N1C(=O)n1ccnc1. The average molecular weight is 207 g/mol. The van der Waals surface area contributed by atoms with Gasteiger partial charge in [-0.2, -0.15) is 0 Å². The van der Waals surface area contributed by atoms with Gasteiger partial charge in [-0.05, 0) is 26.2 Å². The van der Waals surface area contributed by atoms with Gasteiger partial charge >= 0.3 is 6.03 Å². The first kappa shape index (κ1) is 10.2. The van der Waals surface area contributed by atoms with Crippen LogP contribution in [0.25, 0.3) is 0 Å². The van der Waals surface area contributed by atoms with Crippen molar-refractivity contribution >= 4 is 6.03 Å². The van der Waals surface area contributed by atoms with Gasteiger partial charge in [0.1, 0.15) is 6.33 Å². The van der Waals surface area contributed by atoms with Crippen molar-refractivity contribution in [3.63, 3.8) is 0 Å². The third-order valence-corrected chi connectivity index (χ3v) is 3.20. The summed E-state index contributed by atoms with van der Waals surface area (Å²) in [6.07, 6.45) is 8.18. The lowest BCUT2D eigenvalue weighted by molar-refractivity contribution is 0.176. The summed E-state index contributed by atoms with van der Waals surface area (Å²) in [5.41, 5.74) is 0. The highest BCUT2D eigenvalue weighted by Gasteiger charge is 2.33. The van der Waals surface area contributed by atoms with Gasteiger partial charge in [0.15, 0.2) is 0 Å². The van der Waals surface area contributed by atoms with Crippen LogP contribution < -0.4 is 0 Å². The number of hydrogen-bond acceptors (Lipinski definition) is 2. The van der Waals surface area contributed by atoms with E-state index in [0.717, 1.165) is 19.3 Å². The van der Waals surface area contributed by atoms with Crippen molar-refractivity contribution in [1.82, 2.24) is 14.5 Å². The molecule has 0 N–H and O–H groups in total. The minimum Gasteiger partial charge on any atom is -0.318 e. The molecule has 1 aliphatic rings. The summed E-state index contributed by atoms with van der Waals surface area (Å²) in [4.78, 5) is 18.0. The van der Waals surface area contributed by atoms with E-state index in [0.29, 0.717) is 12.1 Å². The van der Waals surface area contributed by atoms with Crippen LogP contribution in [-0.4, -0.2) is 32.6 Å². The molecule has 0 aliphatic carbocycles. The summed E-state index contributed by atoms with van der Waals surface area (Å²) in [7, 11) is 0. The maximum atomic E-state index is 12.1. The average Bonchev–Trinajstić information content (AvgIpc) is 2.85. The molecule has 0 radical (unpaired) electrons. The minimum atomic E-state index is 0.0596. The fourth-order valence-corrected chi connectivity index (χ4v) is 2.32. The van der Waals surface area contributed by atoms with Crippen molar-refractivity contribution in [2.45, 2.75) is 45.2 Å². The summed E-state index contributed by atoms with van der Waals surface area (Å²) in [6.45, 7) is 4.25. The third-order valence-electron chi connectivity index (χ3n) is 3.20. The Bertz CT molecular complexity index is 334. The second-order valence-corrected chi connectivity index (χ2v) is 4.15. The second kappa shape index (κ2) is 4.04. The molecule has 0 saturated carbocycles. The molecule has 0 bridgehead atoms. The van der Waals surface area contributed by atoms with Crippen LogP contribution in [0.15, 0.2) is 18.7 Å². The maximum absolute atomic E-state index is 12.1. The van der Waals surface area contributed by atoms with Crippen LogP contribution in [0.3, 0.4) is 0 Å². The number of nitrogens with zero attached hydrogens (tertiary/aromatic N) is 3. The van der Waals surface area contributed by atoms with Crippen LogP contribution in [0.5, 0.6) is 0 Å². The molecule has 1 aromatic heterocycles. The van der Waals surface area contributed by atoms with E-state index in [2.05, 4.69) is 18.8 Å². The van der Waals surface area contributed by atoms with E-state index in [1.807, 2.05) is 4.90 Å². The number of carbonyl (C=O) groups is 1. The molecule has 4 nitrogen and oxygen atoms in total. The molecule has 2 atom stereocenters. The van der Waals surface area contributed by atoms with Crippen molar-refractivity contribution in [3.05, 3.63) is 18.7 Å². The molecule has 1 aromatic rings. The summed E-state index contributed by atoms with van der Waals surface area (Å²) >= 11 is 0. The first-order valence-corrected chi connectivity index (χ1v) is 5.54. The molecule has 2 heterocycles. The fraction of sp³-hybridized carbons (Fsp3) is 0.636. The predicted octanol–water partition coefficient (Wildman–Crippen LogP) is 2.11. The number of likely N-dealkylation sites (tertiary alicyclic amines) is 1. The highest BCUT2D eigenvalue weighted by Crippen LogP contribution is 2.26. The van der Waals surface area contributed by atoms with Crippen molar-refractivity contribution in [2.75, 3.05) is 0 Å². The number of hydrogen-bond donors (Lipinski definition) is 0. The molecule has 1 fully saturated rings. The number of rotatable bonds is 1. The van der Waals surface area contributed by atoms with Crippen LogP contribution in [0.4, 0.5) is 4.79 Å². The summed E-state index contributed by atoms with van der Waals surface area (Å²) in [5, 5.41) is 0.